The number of sulfonamides is 1. The number of benzene rings is 2. The summed E-state index contributed by atoms with van der Waals surface area (Å²) in [5.41, 5.74) is 6.71. The van der Waals surface area contributed by atoms with Crippen LogP contribution in [0, 0.1) is 5.82 Å². The molecule has 1 heterocycles. The minimum atomic E-state index is -3.69. The van der Waals surface area contributed by atoms with Crippen LogP contribution in [0.1, 0.15) is 10.4 Å². The number of piperazine rings is 1. The van der Waals surface area contributed by atoms with Gasteiger partial charge in [-0.05, 0) is 48.5 Å². The lowest BCUT2D eigenvalue weighted by Gasteiger charge is -2.34. The molecule has 0 aromatic heterocycles. The second-order valence-corrected chi connectivity index (χ2v) is 7.71. The van der Waals surface area contributed by atoms with Crippen LogP contribution in [0.2, 0.25) is 0 Å². The summed E-state index contributed by atoms with van der Waals surface area (Å²) < 4.78 is 39.4. The lowest BCUT2D eigenvalue weighted by Crippen LogP contribution is -2.50. The van der Waals surface area contributed by atoms with E-state index in [9.17, 15) is 17.6 Å². The molecule has 1 saturated heterocycles. The van der Waals surface area contributed by atoms with Crippen molar-refractivity contribution in [3.63, 3.8) is 0 Å². The zero-order valence-corrected chi connectivity index (χ0v) is 15.5. The molecule has 0 spiro atoms. The minimum absolute atomic E-state index is 0. The number of anilines is 1. The molecule has 2 aromatic rings. The van der Waals surface area contributed by atoms with Gasteiger partial charge in [0.05, 0.1) is 4.90 Å². The van der Waals surface area contributed by atoms with E-state index in [-0.39, 0.29) is 36.3 Å². The fraction of sp³-hybridized carbons (Fsp3) is 0.235. The summed E-state index contributed by atoms with van der Waals surface area (Å²) in [6, 6.07) is 11.3. The van der Waals surface area contributed by atoms with Gasteiger partial charge in [-0.15, -0.1) is 12.4 Å². The maximum Gasteiger partial charge on any atom is 0.253 e. The average molecular weight is 400 g/mol. The van der Waals surface area contributed by atoms with Gasteiger partial charge in [0, 0.05) is 37.4 Å². The van der Waals surface area contributed by atoms with Crippen molar-refractivity contribution in [2.45, 2.75) is 4.90 Å². The number of hydrogen-bond acceptors (Lipinski definition) is 4. The van der Waals surface area contributed by atoms with E-state index in [1.165, 1.54) is 16.4 Å². The zero-order valence-electron chi connectivity index (χ0n) is 13.8. The fourth-order valence-electron chi connectivity index (χ4n) is 2.70. The molecule has 1 aliphatic rings. The normalized spacial score (nSPS) is 15.3. The molecule has 1 aliphatic heterocycles. The number of halogens is 2. The molecule has 0 bridgehead atoms. The number of rotatable bonds is 3. The number of carbonyl (C=O) groups excluding carboxylic acids is 1. The summed E-state index contributed by atoms with van der Waals surface area (Å²) in [4.78, 5) is 14.1. The molecule has 3 rings (SSSR count). The van der Waals surface area contributed by atoms with Gasteiger partial charge in [-0.25, -0.2) is 12.8 Å². The summed E-state index contributed by atoms with van der Waals surface area (Å²) in [6.07, 6.45) is 0. The van der Waals surface area contributed by atoms with E-state index < -0.39 is 15.8 Å². The van der Waals surface area contributed by atoms with E-state index >= 15 is 0 Å². The van der Waals surface area contributed by atoms with Crippen molar-refractivity contribution in [1.29, 1.82) is 0 Å². The van der Waals surface area contributed by atoms with Crippen molar-refractivity contribution in [3.05, 3.63) is 59.9 Å². The van der Waals surface area contributed by atoms with Gasteiger partial charge >= 0.3 is 0 Å². The fourth-order valence-corrected chi connectivity index (χ4v) is 4.12. The highest BCUT2D eigenvalue weighted by Crippen LogP contribution is 2.19. The van der Waals surface area contributed by atoms with Crippen molar-refractivity contribution in [1.82, 2.24) is 9.21 Å². The van der Waals surface area contributed by atoms with Crippen LogP contribution in [-0.2, 0) is 10.0 Å². The quantitative estimate of drug-likeness (QED) is 0.800. The first-order valence-electron chi connectivity index (χ1n) is 7.78. The van der Waals surface area contributed by atoms with Crippen LogP contribution < -0.4 is 5.73 Å². The summed E-state index contributed by atoms with van der Waals surface area (Å²) in [5, 5.41) is 0. The Morgan fingerprint density at radius 1 is 0.923 bits per heavy atom. The second-order valence-electron chi connectivity index (χ2n) is 5.77. The monoisotopic (exact) mass is 399 g/mol. The third-order valence-corrected chi connectivity index (χ3v) is 6.05. The van der Waals surface area contributed by atoms with E-state index in [2.05, 4.69) is 0 Å². The number of amides is 1. The molecule has 140 valence electrons. The smallest absolute Gasteiger partial charge is 0.253 e. The van der Waals surface area contributed by atoms with Gasteiger partial charge in [0.25, 0.3) is 5.91 Å². The Hall–Kier alpha value is -2.16. The molecule has 1 amide bonds. The predicted octanol–water partition coefficient (Wildman–Crippen LogP) is 1.98. The van der Waals surface area contributed by atoms with Crippen molar-refractivity contribution in [3.8, 4) is 0 Å². The number of nitrogens with two attached hydrogens (primary N) is 1. The zero-order chi connectivity index (χ0) is 18.0. The minimum Gasteiger partial charge on any atom is -0.399 e. The van der Waals surface area contributed by atoms with Gasteiger partial charge in [-0.3, -0.25) is 4.79 Å². The number of nitrogen functional groups attached to an aromatic ring is 1. The first-order valence-corrected chi connectivity index (χ1v) is 9.22. The van der Waals surface area contributed by atoms with Crippen molar-refractivity contribution < 1.29 is 17.6 Å². The molecule has 0 radical (unpaired) electrons. The third kappa shape index (κ3) is 4.14. The highest BCUT2D eigenvalue weighted by atomic mass is 35.5. The number of hydrogen-bond donors (Lipinski definition) is 1. The lowest BCUT2D eigenvalue weighted by atomic mass is 10.1. The highest BCUT2D eigenvalue weighted by Gasteiger charge is 2.30. The van der Waals surface area contributed by atoms with E-state index in [0.29, 0.717) is 24.3 Å². The van der Waals surface area contributed by atoms with Crippen LogP contribution in [0.15, 0.2) is 53.4 Å². The highest BCUT2D eigenvalue weighted by molar-refractivity contribution is 7.89. The Kier molecular flexibility index (Phi) is 6.22. The van der Waals surface area contributed by atoms with Gasteiger partial charge in [0.15, 0.2) is 0 Å². The summed E-state index contributed by atoms with van der Waals surface area (Å²) in [6.45, 7) is 0.980. The van der Waals surface area contributed by atoms with Crippen LogP contribution in [0.4, 0.5) is 10.1 Å². The molecule has 9 heteroatoms. The molecular formula is C17H19ClFN3O3S. The Morgan fingerprint density at radius 3 is 2.00 bits per heavy atom. The molecule has 6 nitrogen and oxygen atoms in total. The van der Waals surface area contributed by atoms with E-state index in [4.69, 9.17) is 5.73 Å². The van der Waals surface area contributed by atoms with Crippen LogP contribution >= 0.6 is 12.4 Å². The lowest BCUT2D eigenvalue weighted by molar-refractivity contribution is 0.0698. The maximum absolute atomic E-state index is 13.0. The van der Waals surface area contributed by atoms with Crippen LogP contribution in [-0.4, -0.2) is 49.7 Å². The van der Waals surface area contributed by atoms with Crippen molar-refractivity contribution in [2.24, 2.45) is 0 Å². The van der Waals surface area contributed by atoms with Crippen molar-refractivity contribution in [2.75, 3.05) is 31.9 Å². The van der Waals surface area contributed by atoms with Gasteiger partial charge in [0.1, 0.15) is 5.82 Å². The topological polar surface area (TPSA) is 83.7 Å². The molecule has 2 aromatic carbocycles. The summed E-state index contributed by atoms with van der Waals surface area (Å²) in [5.74, 6) is -0.642. The van der Waals surface area contributed by atoms with Gasteiger partial charge in [0.2, 0.25) is 10.0 Å². The molecule has 2 N–H and O–H groups in total. The Morgan fingerprint density at radius 2 is 1.46 bits per heavy atom. The van der Waals surface area contributed by atoms with Gasteiger partial charge in [-0.1, -0.05) is 0 Å². The average Bonchev–Trinajstić information content (AvgIpc) is 2.62. The summed E-state index contributed by atoms with van der Waals surface area (Å²) in [7, 11) is -3.69. The summed E-state index contributed by atoms with van der Waals surface area (Å²) >= 11 is 0. The van der Waals surface area contributed by atoms with Crippen LogP contribution in [0.25, 0.3) is 0 Å². The SMILES string of the molecule is Cl.Nc1ccc(C(=O)N2CCN(S(=O)(=O)c3ccc(F)cc3)CC2)cc1. The standard InChI is InChI=1S/C17H18FN3O3S.ClH/c18-14-3-7-16(8-4-14)25(23,24)21-11-9-20(10-12-21)17(22)13-1-5-15(19)6-2-13;/h1-8H,9-12,19H2;1H. The van der Waals surface area contributed by atoms with Gasteiger partial charge < -0.3 is 10.6 Å². The van der Waals surface area contributed by atoms with E-state index in [1.54, 1.807) is 29.2 Å². The van der Waals surface area contributed by atoms with Gasteiger partial charge in [-0.2, -0.15) is 4.31 Å². The molecule has 0 aliphatic carbocycles. The molecule has 0 atom stereocenters. The first kappa shape index (κ1) is 20.2. The number of carbonyl (C=O) groups is 1. The predicted molar refractivity (Wildman–Crippen MR) is 99.2 cm³/mol. The number of nitrogens with zero attached hydrogens (tertiary/aromatic N) is 2. The molecular weight excluding hydrogens is 381 g/mol. The van der Waals surface area contributed by atoms with E-state index in [0.717, 1.165) is 12.1 Å². The van der Waals surface area contributed by atoms with Crippen LogP contribution in [0.3, 0.4) is 0 Å². The van der Waals surface area contributed by atoms with Crippen LogP contribution in [0.5, 0.6) is 0 Å². The van der Waals surface area contributed by atoms with E-state index in [1.807, 2.05) is 0 Å². The first-order chi connectivity index (χ1) is 11.9. The maximum atomic E-state index is 13.0. The Labute approximate surface area is 157 Å². The second kappa shape index (κ2) is 8.03. The molecule has 0 saturated carbocycles. The van der Waals surface area contributed by atoms with Crippen molar-refractivity contribution >= 4 is 34.0 Å². The third-order valence-electron chi connectivity index (χ3n) is 4.13. The largest absolute Gasteiger partial charge is 0.399 e. The molecule has 26 heavy (non-hydrogen) atoms. The molecule has 1 fully saturated rings. The Bertz CT molecular complexity index is 865. The molecule has 0 unspecified atom stereocenters. The Balaban J connectivity index is 0.00000243.